The van der Waals surface area contributed by atoms with Crippen LogP contribution in [0.25, 0.3) is 42.4 Å². The molecule has 0 spiro atoms. The molecule has 0 N–H and O–H groups in total. The Balaban J connectivity index is 1.51. The largest absolute Gasteiger partial charge is 0.423 e. The summed E-state index contributed by atoms with van der Waals surface area (Å²) in [4.78, 5) is 7.05. The topological polar surface area (TPSA) is 29.3 Å². The lowest BCUT2D eigenvalue weighted by molar-refractivity contribution is 0.609. The van der Waals surface area contributed by atoms with Gasteiger partial charge in [-0.25, -0.2) is 0 Å². The highest BCUT2D eigenvalue weighted by Crippen LogP contribution is 2.45. The van der Waals surface area contributed by atoms with E-state index in [1.807, 2.05) is 41.7 Å². The highest BCUT2D eigenvalue weighted by Gasteiger charge is 2.22. The lowest BCUT2D eigenvalue weighted by atomic mass is 10.0. The van der Waals surface area contributed by atoms with E-state index in [2.05, 4.69) is 95.9 Å². The van der Waals surface area contributed by atoms with Crippen LogP contribution in [0.4, 0.5) is 17.4 Å². The third-order valence-electron chi connectivity index (χ3n) is 6.31. The zero-order chi connectivity index (χ0) is 23.2. The summed E-state index contributed by atoms with van der Waals surface area (Å²) in [6.45, 7) is 0. The van der Waals surface area contributed by atoms with Crippen LogP contribution in [-0.2, 0) is 0 Å². The average molecular weight is 469 g/mol. The van der Waals surface area contributed by atoms with Gasteiger partial charge in [0.25, 0.3) is 0 Å². The molecule has 0 radical (unpaired) electrons. The molecule has 0 aliphatic carbocycles. The number of fused-ring (bicyclic) bond motifs is 4. The third-order valence-corrected chi connectivity index (χ3v) is 7.44. The van der Waals surface area contributed by atoms with Gasteiger partial charge in [-0.1, -0.05) is 78.9 Å². The van der Waals surface area contributed by atoms with E-state index in [0.717, 1.165) is 28.0 Å². The average Bonchev–Trinajstić information content (AvgIpc) is 3.51. The molecule has 0 bridgehead atoms. The molecule has 0 fully saturated rings. The van der Waals surface area contributed by atoms with E-state index >= 15 is 0 Å². The maximum absolute atomic E-state index is 6.34. The minimum absolute atomic E-state index is 0.555. The second kappa shape index (κ2) is 8.12. The lowest BCUT2D eigenvalue weighted by Crippen LogP contribution is -2.10. The Labute approximate surface area is 206 Å². The summed E-state index contributed by atoms with van der Waals surface area (Å²) in [7, 11) is 0. The van der Waals surface area contributed by atoms with Gasteiger partial charge in [-0.2, -0.15) is 4.98 Å². The number of hydrogen-bond acceptors (Lipinski definition) is 4. The van der Waals surface area contributed by atoms with Gasteiger partial charge in [-0.15, -0.1) is 11.3 Å². The Morgan fingerprint density at radius 3 is 2.29 bits per heavy atom. The first kappa shape index (κ1) is 20.0. The second-order valence-corrected chi connectivity index (χ2v) is 9.55. The van der Waals surface area contributed by atoms with Gasteiger partial charge >= 0.3 is 6.01 Å². The van der Waals surface area contributed by atoms with Crippen molar-refractivity contribution in [2.75, 3.05) is 4.90 Å². The summed E-state index contributed by atoms with van der Waals surface area (Å²) in [5.74, 6) is 0. The van der Waals surface area contributed by atoms with Crippen LogP contribution in [0.15, 0.2) is 126 Å². The van der Waals surface area contributed by atoms with Gasteiger partial charge in [-0.05, 0) is 53.6 Å². The summed E-state index contributed by atoms with van der Waals surface area (Å²) in [6, 6.07) is 42.5. The predicted octanol–water partition coefficient (Wildman–Crippen LogP) is 9.33. The van der Waals surface area contributed by atoms with Crippen molar-refractivity contribution >= 4 is 60.0 Å². The van der Waals surface area contributed by atoms with Crippen LogP contribution in [0.1, 0.15) is 0 Å². The minimum atomic E-state index is 0.555. The molecule has 7 rings (SSSR count). The zero-order valence-corrected chi connectivity index (χ0v) is 19.6. The molecular weight excluding hydrogens is 448 g/mol. The van der Waals surface area contributed by atoms with E-state index in [9.17, 15) is 0 Å². The van der Waals surface area contributed by atoms with Crippen molar-refractivity contribution in [3.8, 4) is 11.1 Å². The molecular formula is C31H20N2OS. The smallest absolute Gasteiger partial charge is 0.307 e. The summed E-state index contributed by atoms with van der Waals surface area (Å²) in [5, 5.41) is 2.45. The van der Waals surface area contributed by atoms with Gasteiger partial charge in [0.1, 0.15) is 5.52 Å². The monoisotopic (exact) mass is 468 g/mol. The number of anilines is 3. The summed E-state index contributed by atoms with van der Waals surface area (Å²) in [5.41, 5.74) is 5.98. The Hall–Kier alpha value is -4.41. The fourth-order valence-electron chi connectivity index (χ4n) is 4.71. The highest BCUT2D eigenvalue weighted by atomic mass is 32.1. The first-order valence-corrected chi connectivity index (χ1v) is 12.4. The number of oxazole rings is 1. The van der Waals surface area contributed by atoms with Crippen molar-refractivity contribution in [1.82, 2.24) is 4.98 Å². The van der Waals surface area contributed by atoms with Gasteiger partial charge in [0.15, 0.2) is 5.58 Å². The Morgan fingerprint density at radius 2 is 1.37 bits per heavy atom. The summed E-state index contributed by atoms with van der Waals surface area (Å²) >= 11 is 1.81. The summed E-state index contributed by atoms with van der Waals surface area (Å²) < 4.78 is 8.85. The van der Waals surface area contributed by atoms with Crippen molar-refractivity contribution in [2.24, 2.45) is 0 Å². The van der Waals surface area contributed by atoms with Gasteiger partial charge in [0.05, 0.1) is 11.4 Å². The second-order valence-electron chi connectivity index (χ2n) is 8.46. The normalized spacial score (nSPS) is 11.4. The molecule has 0 saturated heterocycles. The fraction of sp³-hybridized carbons (Fsp3) is 0. The van der Waals surface area contributed by atoms with Crippen LogP contribution < -0.4 is 4.90 Å². The van der Waals surface area contributed by atoms with Crippen LogP contribution in [0.2, 0.25) is 0 Å². The molecule has 5 aromatic carbocycles. The van der Waals surface area contributed by atoms with Gasteiger partial charge in [0.2, 0.25) is 0 Å². The van der Waals surface area contributed by atoms with Gasteiger partial charge < -0.3 is 4.42 Å². The quantitative estimate of drug-likeness (QED) is 0.258. The van der Waals surface area contributed by atoms with Crippen LogP contribution in [0, 0.1) is 0 Å². The molecule has 4 heteroatoms. The number of thiophene rings is 1. The lowest BCUT2D eigenvalue weighted by Gasteiger charge is -2.23. The van der Waals surface area contributed by atoms with Crippen LogP contribution >= 0.6 is 11.3 Å². The molecule has 166 valence electrons. The van der Waals surface area contributed by atoms with E-state index in [4.69, 9.17) is 9.40 Å². The number of nitrogens with zero attached hydrogens (tertiary/aromatic N) is 2. The molecule has 3 nitrogen and oxygen atoms in total. The third kappa shape index (κ3) is 3.38. The number of aromatic nitrogens is 1. The van der Waals surface area contributed by atoms with Crippen molar-refractivity contribution in [1.29, 1.82) is 0 Å². The Bertz CT molecular complexity index is 1780. The molecule has 0 aliphatic rings. The highest BCUT2D eigenvalue weighted by molar-refractivity contribution is 7.26. The van der Waals surface area contributed by atoms with Crippen molar-refractivity contribution in [2.45, 2.75) is 0 Å². The van der Waals surface area contributed by atoms with E-state index < -0.39 is 0 Å². The van der Waals surface area contributed by atoms with Crippen molar-refractivity contribution < 1.29 is 4.42 Å². The molecule has 0 atom stereocenters. The molecule has 0 amide bonds. The molecule has 7 aromatic rings. The van der Waals surface area contributed by atoms with Crippen molar-refractivity contribution in [3.05, 3.63) is 121 Å². The standard InChI is InChI=1S/C31H20N2OS/c1-2-10-21(11-3-1)22-12-8-13-23(20-22)33(31-32-25-15-5-6-17-27(25)34-31)26-16-9-19-29-30(26)24-14-4-7-18-28(24)35-29/h1-20H. The molecule has 0 saturated carbocycles. The number of hydrogen-bond donors (Lipinski definition) is 0. The van der Waals surface area contributed by atoms with Crippen LogP contribution in [-0.4, -0.2) is 4.98 Å². The molecule has 0 aliphatic heterocycles. The van der Waals surface area contributed by atoms with Gasteiger partial charge in [-0.3, -0.25) is 4.90 Å². The van der Waals surface area contributed by atoms with Gasteiger partial charge in [0, 0.05) is 20.2 Å². The first-order valence-electron chi connectivity index (χ1n) is 11.6. The van der Waals surface area contributed by atoms with E-state index in [1.54, 1.807) is 0 Å². The first-order chi connectivity index (χ1) is 17.3. The van der Waals surface area contributed by atoms with E-state index in [0.29, 0.717) is 6.01 Å². The fourth-order valence-corrected chi connectivity index (χ4v) is 5.83. The number of para-hydroxylation sites is 2. The van der Waals surface area contributed by atoms with E-state index in [-0.39, 0.29) is 0 Å². The SMILES string of the molecule is c1ccc(-c2cccc(N(c3nc4ccccc4o3)c3cccc4sc5ccccc5c34)c2)cc1. The molecule has 2 aromatic heterocycles. The van der Waals surface area contributed by atoms with Crippen LogP contribution in [0.3, 0.4) is 0 Å². The van der Waals surface area contributed by atoms with E-state index in [1.165, 1.54) is 25.7 Å². The predicted molar refractivity (Wildman–Crippen MR) is 147 cm³/mol. The molecule has 35 heavy (non-hydrogen) atoms. The van der Waals surface area contributed by atoms with Crippen molar-refractivity contribution in [3.63, 3.8) is 0 Å². The maximum atomic E-state index is 6.34. The Kier molecular flexibility index (Phi) is 4.64. The minimum Gasteiger partial charge on any atom is -0.423 e. The number of benzene rings is 5. The summed E-state index contributed by atoms with van der Waals surface area (Å²) in [6.07, 6.45) is 0. The molecule has 2 heterocycles. The maximum Gasteiger partial charge on any atom is 0.307 e. The Morgan fingerprint density at radius 1 is 0.629 bits per heavy atom. The van der Waals surface area contributed by atoms with Crippen LogP contribution in [0.5, 0.6) is 0 Å². The number of rotatable bonds is 4. The molecule has 0 unspecified atom stereocenters. The zero-order valence-electron chi connectivity index (χ0n) is 18.8.